The molecule has 0 aliphatic carbocycles. The molecule has 0 unspecified atom stereocenters. The van der Waals surface area contributed by atoms with Gasteiger partial charge in [0.15, 0.2) is 0 Å². The van der Waals surface area contributed by atoms with Crippen LogP contribution in [0.25, 0.3) is 0 Å². The van der Waals surface area contributed by atoms with Crippen molar-refractivity contribution in [2.45, 2.75) is 37.5 Å². The lowest BCUT2D eigenvalue weighted by Crippen LogP contribution is -2.45. The normalized spacial score (nSPS) is 18.9. The molecule has 0 saturated carbocycles. The van der Waals surface area contributed by atoms with Crippen molar-refractivity contribution in [3.8, 4) is 5.75 Å². The lowest BCUT2D eigenvalue weighted by atomic mass is 9.71. The molecule has 0 atom stereocenters. The van der Waals surface area contributed by atoms with Gasteiger partial charge in [0.1, 0.15) is 5.75 Å². The van der Waals surface area contributed by atoms with E-state index in [4.69, 9.17) is 4.74 Å². The minimum atomic E-state index is -3.67. The predicted molar refractivity (Wildman–Crippen MR) is 121 cm³/mol. The first kappa shape index (κ1) is 21.0. The Kier molecular flexibility index (Phi) is 5.93. The van der Waals surface area contributed by atoms with Crippen molar-refractivity contribution in [1.82, 2.24) is 5.32 Å². The molecule has 2 aromatic carbocycles. The average Bonchev–Trinajstić information content (AvgIpc) is 2.75. The Labute approximate surface area is 179 Å². The molecule has 4 rings (SSSR count). The molecule has 0 amide bonds. The summed E-state index contributed by atoms with van der Waals surface area (Å²) >= 11 is 0. The van der Waals surface area contributed by atoms with Gasteiger partial charge in [-0.2, -0.15) is 0 Å². The third-order valence-corrected chi connectivity index (χ3v) is 8.00. The van der Waals surface area contributed by atoms with Crippen molar-refractivity contribution in [1.29, 1.82) is 0 Å². The zero-order valence-corrected chi connectivity index (χ0v) is 18.6. The van der Waals surface area contributed by atoms with E-state index >= 15 is 0 Å². The van der Waals surface area contributed by atoms with E-state index in [0.717, 1.165) is 37.4 Å². The fourth-order valence-electron chi connectivity index (χ4n) is 4.58. The van der Waals surface area contributed by atoms with Crippen LogP contribution >= 0.6 is 0 Å². The minimum absolute atomic E-state index is 0.238. The Morgan fingerprint density at radius 1 is 1.00 bits per heavy atom. The molecule has 0 radical (unpaired) electrons. The van der Waals surface area contributed by atoms with Crippen LogP contribution in [0.5, 0.6) is 5.75 Å². The Balaban J connectivity index is 1.49. The number of ether oxygens (including phenoxy) is 1. The lowest BCUT2D eigenvalue weighted by molar-refractivity contribution is 0.155. The minimum Gasteiger partial charge on any atom is -0.494 e. The molecule has 2 heterocycles. The van der Waals surface area contributed by atoms with Crippen LogP contribution in [0.1, 0.15) is 31.2 Å². The number of sulfonamides is 1. The number of aryl methyl sites for hydroxylation is 1. The van der Waals surface area contributed by atoms with Crippen LogP contribution in [-0.2, 0) is 10.0 Å². The van der Waals surface area contributed by atoms with Gasteiger partial charge < -0.3 is 15.0 Å². The summed E-state index contributed by atoms with van der Waals surface area (Å²) in [5.74, 6) is 0.533. The molecule has 2 aliphatic rings. The van der Waals surface area contributed by atoms with Crippen molar-refractivity contribution in [3.05, 3.63) is 48.0 Å². The number of hydrogen-bond donors (Lipinski definition) is 2. The molecule has 162 valence electrons. The zero-order valence-electron chi connectivity index (χ0n) is 17.8. The van der Waals surface area contributed by atoms with Crippen molar-refractivity contribution in [3.63, 3.8) is 0 Å². The van der Waals surface area contributed by atoms with Gasteiger partial charge in [0.05, 0.1) is 17.7 Å². The average molecular weight is 430 g/mol. The molecule has 2 aliphatic heterocycles. The van der Waals surface area contributed by atoms with Gasteiger partial charge in [0.25, 0.3) is 10.0 Å². The number of rotatable bonds is 5. The summed E-state index contributed by atoms with van der Waals surface area (Å²) in [4.78, 5) is 2.62. The van der Waals surface area contributed by atoms with Crippen LogP contribution in [0.15, 0.2) is 47.4 Å². The highest BCUT2D eigenvalue weighted by atomic mass is 32.2. The van der Waals surface area contributed by atoms with Crippen LogP contribution in [-0.4, -0.2) is 41.7 Å². The van der Waals surface area contributed by atoms with E-state index in [9.17, 15) is 8.42 Å². The lowest BCUT2D eigenvalue weighted by Gasteiger charge is -2.45. The highest BCUT2D eigenvalue weighted by Gasteiger charge is 2.35. The SMILES string of the molecule is COc1cc(N2CCC3(CCNCC3)CC2)ccc1NS(=O)(=O)c1ccc(C)cc1. The van der Waals surface area contributed by atoms with Crippen molar-refractivity contribution >= 4 is 21.4 Å². The summed E-state index contributed by atoms with van der Waals surface area (Å²) in [6.07, 6.45) is 4.95. The van der Waals surface area contributed by atoms with E-state index in [1.807, 2.05) is 19.1 Å². The number of anilines is 2. The summed E-state index contributed by atoms with van der Waals surface area (Å²) in [5, 5.41) is 3.47. The van der Waals surface area contributed by atoms with Gasteiger partial charge in [0.2, 0.25) is 0 Å². The van der Waals surface area contributed by atoms with Gasteiger partial charge in [-0.3, -0.25) is 4.72 Å². The van der Waals surface area contributed by atoms with Crippen LogP contribution in [0.3, 0.4) is 0 Å². The van der Waals surface area contributed by atoms with Crippen LogP contribution in [0, 0.1) is 12.3 Å². The van der Waals surface area contributed by atoms with Gasteiger partial charge in [-0.25, -0.2) is 8.42 Å². The fraction of sp³-hybridized carbons (Fsp3) is 0.478. The Morgan fingerprint density at radius 2 is 1.67 bits per heavy atom. The first-order valence-corrected chi connectivity index (χ1v) is 12.1. The molecule has 0 aromatic heterocycles. The molecule has 7 heteroatoms. The second-order valence-corrected chi connectivity index (χ2v) is 10.2. The van der Waals surface area contributed by atoms with Crippen molar-refractivity contribution in [2.75, 3.05) is 42.9 Å². The summed E-state index contributed by atoms with van der Waals surface area (Å²) in [6.45, 7) is 6.24. The standard InChI is InChI=1S/C23H31N3O3S/c1-18-3-6-20(7-4-18)30(27,28)25-21-8-5-19(17-22(21)29-2)26-15-11-23(12-16-26)9-13-24-14-10-23/h3-8,17,24-25H,9-16H2,1-2H3. The van der Waals surface area contributed by atoms with E-state index in [0.29, 0.717) is 16.9 Å². The van der Waals surface area contributed by atoms with E-state index in [1.54, 1.807) is 37.4 Å². The summed E-state index contributed by atoms with van der Waals surface area (Å²) < 4.78 is 33.7. The summed E-state index contributed by atoms with van der Waals surface area (Å²) in [7, 11) is -2.10. The van der Waals surface area contributed by atoms with E-state index in [1.165, 1.54) is 25.7 Å². The highest BCUT2D eigenvalue weighted by molar-refractivity contribution is 7.92. The first-order valence-electron chi connectivity index (χ1n) is 10.6. The maximum Gasteiger partial charge on any atom is 0.262 e. The van der Waals surface area contributed by atoms with Crippen LogP contribution in [0.2, 0.25) is 0 Å². The molecule has 2 saturated heterocycles. The number of piperidine rings is 2. The Bertz CT molecular complexity index is 973. The van der Waals surface area contributed by atoms with Crippen molar-refractivity contribution < 1.29 is 13.2 Å². The van der Waals surface area contributed by atoms with Crippen LogP contribution in [0.4, 0.5) is 11.4 Å². The maximum absolute atomic E-state index is 12.8. The number of nitrogens with zero attached hydrogens (tertiary/aromatic N) is 1. The fourth-order valence-corrected chi connectivity index (χ4v) is 5.65. The molecule has 30 heavy (non-hydrogen) atoms. The second-order valence-electron chi connectivity index (χ2n) is 8.54. The van der Waals surface area contributed by atoms with Gasteiger partial charge in [-0.05, 0) is 75.4 Å². The van der Waals surface area contributed by atoms with Crippen LogP contribution < -0.4 is 19.7 Å². The van der Waals surface area contributed by atoms with Crippen molar-refractivity contribution in [2.24, 2.45) is 5.41 Å². The monoisotopic (exact) mass is 429 g/mol. The smallest absolute Gasteiger partial charge is 0.262 e. The molecule has 2 fully saturated rings. The van der Waals surface area contributed by atoms with Gasteiger partial charge in [-0.15, -0.1) is 0 Å². The van der Waals surface area contributed by atoms with Gasteiger partial charge in [-0.1, -0.05) is 17.7 Å². The topological polar surface area (TPSA) is 70.7 Å². The largest absolute Gasteiger partial charge is 0.494 e. The number of nitrogens with one attached hydrogen (secondary N) is 2. The maximum atomic E-state index is 12.8. The number of benzene rings is 2. The number of methoxy groups -OCH3 is 1. The Morgan fingerprint density at radius 3 is 2.30 bits per heavy atom. The third kappa shape index (κ3) is 4.42. The summed E-state index contributed by atoms with van der Waals surface area (Å²) in [5.41, 5.74) is 3.04. The molecule has 2 N–H and O–H groups in total. The quantitative estimate of drug-likeness (QED) is 0.757. The molecule has 0 bridgehead atoms. The predicted octanol–water partition coefficient (Wildman–Crippen LogP) is 3.77. The summed E-state index contributed by atoms with van der Waals surface area (Å²) in [6, 6.07) is 12.5. The number of hydrogen-bond acceptors (Lipinski definition) is 5. The second kappa shape index (κ2) is 8.47. The first-order chi connectivity index (χ1) is 14.4. The Hall–Kier alpha value is -2.25. The van der Waals surface area contributed by atoms with Gasteiger partial charge in [0, 0.05) is 24.8 Å². The molecule has 6 nitrogen and oxygen atoms in total. The van der Waals surface area contributed by atoms with E-state index < -0.39 is 10.0 Å². The molecule has 2 aromatic rings. The third-order valence-electron chi connectivity index (χ3n) is 6.61. The molecular weight excluding hydrogens is 398 g/mol. The van der Waals surface area contributed by atoms with Gasteiger partial charge >= 0.3 is 0 Å². The van der Waals surface area contributed by atoms with E-state index in [-0.39, 0.29) is 4.90 Å². The van der Waals surface area contributed by atoms with E-state index in [2.05, 4.69) is 14.9 Å². The molecular formula is C23H31N3O3S. The highest BCUT2D eigenvalue weighted by Crippen LogP contribution is 2.41. The molecule has 1 spiro atoms. The zero-order chi connectivity index (χ0) is 21.2.